The Bertz CT molecular complexity index is 561. The topological polar surface area (TPSA) is 34.9 Å². The van der Waals surface area contributed by atoms with E-state index in [9.17, 15) is 4.79 Å². The minimum atomic E-state index is -0.115. The van der Waals surface area contributed by atoms with Gasteiger partial charge in [0, 0.05) is 0 Å². The Kier molecular flexibility index (Phi) is 4.12. The first kappa shape index (κ1) is 12.8. The monoisotopic (exact) mass is 236 g/mol. The van der Waals surface area contributed by atoms with Gasteiger partial charge in [-0.2, -0.15) is 0 Å². The first-order valence-electron chi connectivity index (χ1n) is 5.29. The number of thiol groups is 1. The highest BCUT2D eigenvalue weighted by atomic mass is 32.1. The van der Waals surface area contributed by atoms with Crippen molar-refractivity contribution in [2.24, 2.45) is 0 Å². The molecule has 0 N–H and O–H groups in total. The van der Waals surface area contributed by atoms with Crippen LogP contribution in [0.4, 0.5) is 0 Å². The van der Waals surface area contributed by atoms with Gasteiger partial charge in [0.1, 0.15) is 5.82 Å². The van der Waals surface area contributed by atoms with Crippen molar-refractivity contribution in [3.05, 3.63) is 39.9 Å². The minimum Gasteiger partial charge on any atom is -0.268 e. The summed E-state index contributed by atoms with van der Waals surface area (Å²) in [4.78, 5) is 16.0. The summed E-state index contributed by atoms with van der Waals surface area (Å²) in [6.07, 6.45) is 0. The molecule has 0 unspecified atom stereocenters. The molecule has 0 bridgehead atoms. The fraction of sp³-hybridized carbons (Fsp3) is 0.333. The summed E-state index contributed by atoms with van der Waals surface area (Å²) >= 11 is 4.05. The van der Waals surface area contributed by atoms with E-state index in [0.29, 0.717) is 11.2 Å². The van der Waals surface area contributed by atoms with Crippen LogP contribution in [0.25, 0.3) is 10.9 Å². The summed E-state index contributed by atoms with van der Waals surface area (Å²) in [5, 5.41) is 0.608. The molecule has 0 saturated heterocycles. The lowest BCUT2D eigenvalue weighted by molar-refractivity contribution is 1.01. The van der Waals surface area contributed by atoms with Gasteiger partial charge in [0.15, 0.2) is 0 Å². The summed E-state index contributed by atoms with van der Waals surface area (Å²) in [7, 11) is 0. The molecule has 2 rings (SSSR count). The summed E-state index contributed by atoms with van der Waals surface area (Å²) in [5.74, 6) is 0.608. The molecule has 1 aromatic carbocycles. The van der Waals surface area contributed by atoms with Gasteiger partial charge < -0.3 is 0 Å². The van der Waals surface area contributed by atoms with Gasteiger partial charge >= 0.3 is 0 Å². The average molecular weight is 236 g/mol. The molecule has 0 aliphatic rings. The number of hydrogen-bond acceptors (Lipinski definition) is 3. The molecule has 0 aliphatic heterocycles. The van der Waals surface area contributed by atoms with Crippen LogP contribution in [0.1, 0.15) is 25.2 Å². The number of nitrogens with zero attached hydrogens (tertiary/aromatic N) is 2. The smallest absolute Gasteiger partial charge is 0.268 e. The predicted octanol–water partition coefficient (Wildman–Crippen LogP) is 2.73. The van der Waals surface area contributed by atoms with Gasteiger partial charge in [-0.1, -0.05) is 32.7 Å². The number of aromatic nitrogens is 2. The van der Waals surface area contributed by atoms with E-state index in [-0.39, 0.29) is 5.56 Å². The molecule has 0 aliphatic carbocycles. The van der Waals surface area contributed by atoms with Crippen molar-refractivity contribution in [2.75, 3.05) is 0 Å². The zero-order chi connectivity index (χ0) is 12.3. The lowest BCUT2D eigenvalue weighted by Crippen LogP contribution is -2.16. The Hall–Kier alpha value is -1.29. The summed E-state index contributed by atoms with van der Waals surface area (Å²) in [6.45, 7) is 7.73. The summed E-state index contributed by atoms with van der Waals surface area (Å²) < 4.78 is 1.26. The lowest BCUT2D eigenvalue weighted by atomic mass is 10.2. The largest absolute Gasteiger partial charge is 0.271 e. The van der Waals surface area contributed by atoms with Crippen LogP contribution in [0.15, 0.2) is 23.0 Å². The zero-order valence-electron chi connectivity index (χ0n) is 9.98. The quantitative estimate of drug-likeness (QED) is 0.714. The van der Waals surface area contributed by atoms with Crippen LogP contribution >= 0.6 is 12.8 Å². The Labute approximate surface area is 101 Å². The highest BCUT2D eigenvalue weighted by molar-refractivity contribution is 7.78. The maximum atomic E-state index is 11.7. The normalized spacial score (nSPS) is 9.81. The van der Waals surface area contributed by atoms with Gasteiger partial charge in [0.2, 0.25) is 0 Å². The third-order valence-electron chi connectivity index (χ3n) is 2.16. The van der Waals surface area contributed by atoms with E-state index in [1.807, 2.05) is 32.9 Å². The van der Waals surface area contributed by atoms with E-state index < -0.39 is 0 Å². The van der Waals surface area contributed by atoms with Crippen molar-refractivity contribution in [2.45, 2.75) is 27.7 Å². The number of aryl methyl sites for hydroxylation is 2. The van der Waals surface area contributed by atoms with Crippen LogP contribution in [-0.4, -0.2) is 8.96 Å². The van der Waals surface area contributed by atoms with Gasteiger partial charge in [-0.3, -0.25) is 4.79 Å². The van der Waals surface area contributed by atoms with E-state index in [0.717, 1.165) is 11.1 Å². The van der Waals surface area contributed by atoms with Crippen LogP contribution in [0, 0.1) is 13.8 Å². The van der Waals surface area contributed by atoms with Gasteiger partial charge in [0.25, 0.3) is 5.56 Å². The third-order valence-corrected chi connectivity index (χ3v) is 2.64. The second-order valence-electron chi connectivity index (χ2n) is 3.30. The molecule has 0 amide bonds. The highest BCUT2D eigenvalue weighted by Gasteiger charge is 2.04. The van der Waals surface area contributed by atoms with Crippen molar-refractivity contribution in [3.63, 3.8) is 0 Å². The van der Waals surface area contributed by atoms with Gasteiger partial charge in [-0.25, -0.2) is 8.96 Å². The first-order valence-corrected chi connectivity index (χ1v) is 5.69. The second-order valence-corrected chi connectivity index (χ2v) is 3.70. The van der Waals surface area contributed by atoms with Crippen molar-refractivity contribution >= 4 is 23.7 Å². The van der Waals surface area contributed by atoms with Gasteiger partial charge in [-0.05, 0) is 31.5 Å². The Morgan fingerprint density at radius 2 is 1.88 bits per heavy atom. The first-order chi connectivity index (χ1) is 7.59. The predicted molar refractivity (Wildman–Crippen MR) is 71.2 cm³/mol. The molecule has 86 valence electrons. The Morgan fingerprint density at radius 3 is 2.50 bits per heavy atom. The zero-order valence-corrected chi connectivity index (χ0v) is 10.9. The van der Waals surface area contributed by atoms with E-state index in [2.05, 4.69) is 17.8 Å². The molecule has 16 heavy (non-hydrogen) atoms. The average Bonchev–Trinajstić information content (AvgIpc) is 2.28. The van der Waals surface area contributed by atoms with Crippen molar-refractivity contribution in [3.8, 4) is 0 Å². The van der Waals surface area contributed by atoms with E-state index >= 15 is 0 Å². The molecule has 1 aromatic heterocycles. The molecule has 4 heteroatoms. The molecule has 2 aromatic rings. The number of fused-ring (bicyclic) bond motifs is 1. The van der Waals surface area contributed by atoms with Crippen molar-refractivity contribution < 1.29 is 0 Å². The molecule has 0 radical (unpaired) electrons. The number of benzene rings is 1. The van der Waals surface area contributed by atoms with E-state index in [1.165, 1.54) is 3.97 Å². The van der Waals surface area contributed by atoms with Gasteiger partial charge in [-0.15, -0.1) is 0 Å². The maximum Gasteiger partial charge on any atom is 0.271 e. The minimum absolute atomic E-state index is 0.115. The van der Waals surface area contributed by atoms with E-state index in [4.69, 9.17) is 0 Å². The summed E-state index contributed by atoms with van der Waals surface area (Å²) in [5.41, 5.74) is 1.72. The maximum absolute atomic E-state index is 11.7. The molecule has 1 heterocycles. The Morgan fingerprint density at radius 1 is 1.25 bits per heavy atom. The van der Waals surface area contributed by atoms with E-state index in [1.54, 1.807) is 13.0 Å². The highest BCUT2D eigenvalue weighted by Crippen LogP contribution is 2.10. The van der Waals surface area contributed by atoms with Crippen LogP contribution in [0.3, 0.4) is 0 Å². The third kappa shape index (κ3) is 2.27. The fourth-order valence-electron chi connectivity index (χ4n) is 1.40. The molecule has 0 fully saturated rings. The molecule has 0 atom stereocenters. The molecule has 3 nitrogen and oxygen atoms in total. The second kappa shape index (κ2) is 5.16. The van der Waals surface area contributed by atoms with Crippen LogP contribution in [-0.2, 0) is 0 Å². The molecule has 0 saturated carbocycles. The fourth-order valence-corrected chi connectivity index (χ4v) is 1.55. The lowest BCUT2D eigenvalue weighted by Gasteiger charge is -2.03. The van der Waals surface area contributed by atoms with Crippen LogP contribution < -0.4 is 5.56 Å². The number of hydrogen-bond donors (Lipinski definition) is 1. The molecule has 0 spiro atoms. The van der Waals surface area contributed by atoms with Crippen LogP contribution in [0.5, 0.6) is 0 Å². The van der Waals surface area contributed by atoms with Crippen molar-refractivity contribution in [1.82, 2.24) is 8.96 Å². The molecular weight excluding hydrogens is 220 g/mol. The van der Waals surface area contributed by atoms with Gasteiger partial charge in [0.05, 0.1) is 10.9 Å². The number of rotatable bonds is 0. The molecular formula is C12H16N2OS. The summed E-state index contributed by atoms with van der Waals surface area (Å²) in [6, 6.07) is 5.58. The van der Waals surface area contributed by atoms with Crippen LogP contribution in [0.2, 0.25) is 0 Å². The van der Waals surface area contributed by atoms with Crippen molar-refractivity contribution in [1.29, 1.82) is 0 Å². The SMILES string of the molecule is CC.Cc1ccc2c(=O)n(S)c(C)nc2c1. The standard InChI is InChI=1S/C10H10N2OS.C2H6/c1-6-3-4-8-9(5-6)11-7(2)12(14)10(8)13;1-2/h3-5,14H,1-2H3;1-2H3. The Balaban J connectivity index is 0.000000606.